The van der Waals surface area contributed by atoms with Crippen LogP contribution in [0.5, 0.6) is 0 Å². The molecule has 0 bridgehead atoms. The summed E-state index contributed by atoms with van der Waals surface area (Å²) < 4.78 is 5.55. The first kappa shape index (κ1) is 13.8. The third kappa shape index (κ3) is 3.45. The minimum atomic E-state index is 0.00301. The van der Waals surface area contributed by atoms with Gasteiger partial charge in [0.15, 0.2) is 0 Å². The molecule has 2 rings (SSSR count). The van der Waals surface area contributed by atoms with Crippen LogP contribution in [0.15, 0.2) is 0 Å². The van der Waals surface area contributed by atoms with Gasteiger partial charge in [-0.3, -0.25) is 4.79 Å². The Labute approximate surface area is 110 Å². The van der Waals surface area contributed by atoms with Crippen molar-refractivity contribution in [2.75, 3.05) is 13.2 Å². The molecule has 0 aromatic rings. The van der Waals surface area contributed by atoms with Crippen LogP contribution in [0.25, 0.3) is 0 Å². The molecule has 1 amide bonds. The Morgan fingerprint density at radius 3 is 2.83 bits per heavy atom. The van der Waals surface area contributed by atoms with E-state index < -0.39 is 0 Å². The molecular weight excluding hydrogens is 228 g/mol. The molecule has 1 saturated carbocycles. The van der Waals surface area contributed by atoms with Crippen LogP contribution in [-0.4, -0.2) is 31.2 Å². The van der Waals surface area contributed by atoms with E-state index in [2.05, 4.69) is 12.2 Å². The summed E-state index contributed by atoms with van der Waals surface area (Å²) in [5.41, 5.74) is 6.08. The van der Waals surface area contributed by atoms with Crippen molar-refractivity contribution in [3.05, 3.63) is 0 Å². The molecule has 4 nitrogen and oxygen atoms in total. The molecule has 2 aliphatic rings. The lowest BCUT2D eigenvalue weighted by Crippen LogP contribution is -2.47. The maximum absolute atomic E-state index is 12.2. The Morgan fingerprint density at radius 2 is 2.17 bits per heavy atom. The molecule has 4 atom stereocenters. The predicted molar refractivity (Wildman–Crippen MR) is 71.1 cm³/mol. The first-order chi connectivity index (χ1) is 8.68. The molecular formula is C14H26N2O2. The van der Waals surface area contributed by atoms with Gasteiger partial charge in [0.1, 0.15) is 0 Å². The number of carbonyl (C=O) groups excluding carboxylic acids is 1. The number of hydrogen-bond donors (Lipinski definition) is 2. The lowest BCUT2D eigenvalue weighted by Gasteiger charge is -2.33. The van der Waals surface area contributed by atoms with Gasteiger partial charge in [-0.1, -0.05) is 13.3 Å². The predicted octanol–water partition coefficient (Wildman–Crippen LogP) is 1.44. The maximum Gasteiger partial charge on any atom is 0.224 e. The van der Waals surface area contributed by atoms with E-state index in [0.717, 1.165) is 51.7 Å². The van der Waals surface area contributed by atoms with Crippen molar-refractivity contribution in [1.29, 1.82) is 0 Å². The molecule has 4 unspecified atom stereocenters. The Bertz CT molecular complexity index is 267. The lowest BCUT2D eigenvalue weighted by molar-refractivity contribution is -0.128. The number of amides is 1. The second kappa shape index (κ2) is 6.53. The Hall–Kier alpha value is -0.610. The Morgan fingerprint density at radius 1 is 1.33 bits per heavy atom. The normalized spacial score (nSPS) is 36.6. The molecule has 2 fully saturated rings. The highest BCUT2D eigenvalue weighted by Gasteiger charge is 2.33. The molecule has 4 heteroatoms. The zero-order valence-electron chi connectivity index (χ0n) is 11.4. The Balaban J connectivity index is 1.72. The van der Waals surface area contributed by atoms with Crippen molar-refractivity contribution in [2.24, 2.45) is 17.6 Å². The van der Waals surface area contributed by atoms with Crippen LogP contribution in [0.1, 0.15) is 45.4 Å². The van der Waals surface area contributed by atoms with Crippen molar-refractivity contribution < 1.29 is 9.53 Å². The van der Waals surface area contributed by atoms with Crippen LogP contribution in [0.2, 0.25) is 0 Å². The fourth-order valence-electron chi connectivity index (χ4n) is 3.26. The van der Waals surface area contributed by atoms with E-state index >= 15 is 0 Å². The topological polar surface area (TPSA) is 64.4 Å². The van der Waals surface area contributed by atoms with E-state index in [9.17, 15) is 4.79 Å². The third-order valence-electron chi connectivity index (χ3n) is 4.36. The molecule has 3 N–H and O–H groups in total. The van der Waals surface area contributed by atoms with Gasteiger partial charge in [0.25, 0.3) is 0 Å². The zero-order valence-corrected chi connectivity index (χ0v) is 11.4. The SMILES string of the molecule is CC1CCCC(N)C1C(=O)NCCC1CCCO1. The molecule has 1 saturated heterocycles. The van der Waals surface area contributed by atoms with Gasteiger partial charge in [-0.2, -0.15) is 0 Å². The summed E-state index contributed by atoms with van der Waals surface area (Å²) >= 11 is 0. The van der Waals surface area contributed by atoms with Gasteiger partial charge in [-0.05, 0) is 38.0 Å². The van der Waals surface area contributed by atoms with E-state index in [-0.39, 0.29) is 17.9 Å². The standard InChI is InChI=1S/C14H26N2O2/c1-10-4-2-6-12(15)13(10)14(17)16-8-7-11-5-3-9-18-11/h10-13H,2-9,15H2,1H3,(H,16,17). The number of rotatable bonds is 4. The van der Waals surface area contributed by atoms with Crippen LogP contribution < -0.4 is 11.1 Å². The maximum atomic E-state index is 12.2. The molecule has 0 aromatic heterocycles. The molecule has 104 valence electrons. The second-order valence-corrected chi connectivity index (χ2v) is 5.81. The monoisotopic (exact) mass is 254 g/mol. The number of ether oxygens (including phenoxy) is 1. The summed E-state index contributed by atoms with van der Waals surface area (Å²) in [6.45, 7) is 3.74. The number of carbonyl (C=O) groups is 1. The van der Waals surface area contributed by atoms with Crippen LogP contribution >= 0.6 is 0 Å². The first-order valence-corrected chi connectivity index (χ1v) is 7.33. The van der Waals surface area contributed by atoms with Crippen LogP contribution in [0.4, 0.5) is 0 Å². The third-order valence-corrected chi connectivity index (χ3v) is 4.36. The van der Waals surface area contributed by atoms with Crippen molar-refractivity contribution in [3.8, 4) is 0 Å². The van der Waals surface area contributed by atoms with E-state index in [4.69, 9.17) is 10.5 Å². The summed E-state index contributed by atoms with van der Waals surface area (Å²) in [7, 11) is 0. The lowest BCUT2D eigenvalue weighted by atomic mass is 9.76. The smallest absolute Gasteiger partial charge is 0.224 e. The minimum Gasteiger partial charge on any atom is -0.378 e. The largest absolute Gasteiger partial charge is 0.378 e. The average molecular weight is 254 g/mol. The van der Waals surface area contributed by atoms with Gasteiger partial charge in [-0.15, -0.1) is 0 Å². The van der Waals surface area contributed by atoms with Crippen LogP contribution in [-0.2, 0) is 9.53 Å². The van der Waals surface area contributed by atoms with Crippen molar-refractivity contribution >= 4 is 5.91 Å². The van der Waals surface area contributed by atoms with Gasteiger partial charge < -0.3 is 15.8 Å². The van der Waals surface area contributed by atoms with Gasteiger partial charge in [-0.25, -0.2) is 0 Å². The van der Waals surface area contributed by atoms with E-state index in [1.807, 2.05) is 0 Å². The highest BCUT2D eigenvalue weighted by Crippen LogP contribution is 2.29. The first-order valence-electron chi connectivity index (χ1n) is 7.33. The van der Waals surface area contributed by atoms with Gasteiger partial charge >= 0.3 is 0 Å². The van der Waals surface area contributed by atoms with Gasteiger partial charge in [0.05, 0.1) is 12.0 Å². The molecule has 1 heterocycles. The fourth-order valence-corrected chi connectivity index (χ4v) is 3.26. The van der Waals surface area contributed by atoms with Crippen molar-refractivity contribution in [1.82, 2.24) is 5.32 Å². The molecule has 1 aliphatic heterocycles. The summed E-state index contributed by atoms with van der Waals surface area (Å²) in [5, 5.41) is 3.04. The summed E-state index contributed by atoms with van der Waals surface area (Å²) in [4.78, 5) is 12.2. The molecule has 0 aromatic carbocycles. The van der Waals surface area contributed by atoms with E-state index in [0.29, 0.717) is 12.0 Å². The van der Waals surface area contributed by atoms with Gasteiger partial charge in [0.2, 0.25) is 5.91 Å². The number of hydrogen-bond acceptors (Lipinski definition) is 3. The van der Waals surface area contributed by atoms with Crippen LogP contribution in [0.3, 0.4) is 0 Å². The quantitative estimate of drug-likeness (QED) is 0.798. The minimum absolute atomic E-state index is 0.00301. The summed E-state index contributed by atoms with van der Waals surface area (Å²) in [6.07, 6.45) is 6.83. The highest BCUT2D eigenvalue weighted by molar-refractivity contribution is 5.79. The summed E-state index contributed by atoms with van der Waals surface area (Å²) in [6, 6.07) is 0.0384. The highest BCUT2D eigenvalue weighted by atomic mass is 16.5. The van der Waals surface area contributed by atoms with Crippen LogP contribution in [0, 0.1) is 11.8 Å². The van der Waals surface area contributed by atoms with Crippen molar-refractivity contribution in [3.63, 3.8) is 0 Å². The van der Waals surface area contributed by atoms with E-state index in [1.54, 1.807) is 0 Å². The Kier molecular flexibility index (Phi) is 5.01. The summed E-state index contributed by atoms with van der Waals surface area (Å²) in [5.74, 6) is 0.562. The second-order valence-electron chi connectivity index (χ2n) is 5.81. The van der Waals surface area contributed by atoms with E-state index in [1.165, 1.54) is 0 Å². The van der Waals surface area contributed by atoms with Crippen molar-refractivity contribution in [2.45, 2.75) is 57.6 Å². The molecule has 1 aliphatic carbocycles. The number of nitrogens with two attached hydrogens (primary N) is 1. The fraction of sp³-hybridized carbons (Fsp3) is 0.929. The molecule has 18 heavy (non-hydrogen) atoms. The molecule has 0 spiro atoms. The average Bonchev–Trinajstić information content (AvgIpc) is 2.82. The molecule has 0 radical (unpaired) electrons. The number of nitrogens with one attached hydrogen (secondary N) is 1. The van der Waals surface area contributed by atoms with Gasteiger partial charge in [0, 0.05) is 19.2 Å². The zero-order chi connectivity index (χ0) is 13.0.